The minimum absolute atomic E-state index is 0.0282. The van der Waals surface area contributed by atoms with E-state index in [2.05, 4.69) is 26.8 Å². The monoisotopic (exact) mass is 421 g/mol. The second-order valence-electron chi connectivity index (χ2n) is 8.05. The highest BCUT2D eigenvalue weighted by Gasteiger charge is 2.45. The molecule has 3 aromatic rings. The molecule has 4 rings (SSSR count). The van der Waals surface area contributed by atoms with Crippen molar-refractivity contribution in [2.75, 3.05) is 24.1 Å². The predicted molar refractivity (Wildman–Crippen MR) is 117 cm³/mol. The molecule has 0 unspecified atom stereocenters. The van der Waals surface area contributed by atoms with Crippen molar-refractivity contribution in [1.82, 2.24) is 29.7 Å². The second-order valence-corrected chi connectivity index (χ2v) is 8.05. The Balaban J connectivity index is 1.47. The molecule has 1 aliphatic carbocycles. The molecule has 0 spiro atoms. The van der Waals surface area contributed by atoms with E-state index in [1.165, 1.54) is 6.92 Å². The van der Waals surface area contributed by atoms with Crippen molar-refractivity contribution in [1.29, 1.82) is 5.26 Å². The Labute approximate surface area is 180 Å². The van der Waals surface area contributed by atoms with Crippen LogP contribution in [0.5, 0.6) is 0 Å². The standard InChI is InChI=1S/C21H27N9O/c1-4-16-13(2)27-30-18(23)17(11-22)19(26-20(16)30)24-9-5-15-6-10-29(28-15)21(7-8-21)12-25-14(3)31/h6,10H,4-5,7-9,12,23H2,1-3H3,(H,24,26)(H,25,31). The van der Waals surface area contributed by atoms with Crippen LogP contribution < -0.4 is 16.4 Å². The van der Waals surface area contributed by atoms with Crippen molar-refractivity contribution in [3.05, 3.63) is 34.8 Å². The van der Waals surface area contributed by atoms with Crippen LogP contribution in [0.25, 0.3) is 5.65 Å². The minimum atomic E-state index is -0.0945. The van der Waals surface area contributed by atoms with Crippen molar-refractivity contribution in [3.63, 3.8) is 0 Å². The lowest BCUT2D eigenvalue weighted by Crippen LogP contribution is -2.34. The molecule has 3 heterocycles. The lowest BCUT2D eigenvalue weighted by atomic mass is 10.2. The summed E-state index contributed by atoms with van der Waals surface area (Å²) in [7, 11) is 0. The highest BCUT2D eigenvalue weighted by atomic mass is 16.1. The molecular weight excluding hydrogens is 394 g/mol. The van der Waals surface area contributed by atoms with Gasteiger partial charge >= 0.3 is 0 Å². The summed E-state index contributed by atoms with van der Waals surface area (Å²) in [4.78, 5) is 15.9. The maximum absolute atomic E-state index is 11.2. The summed E-state index contributed by atoms with van der Waals surface area (Å²) >= 11 is 0. The number of hydrogen-bond donors (Lipinski definition) is 3. The van der Waals surface area contributed by atoms with Crippen LogP contribution in [-0.2, 0) is 23.2 Å². The van der Waals surface area contributed by atoms with Crippen molar-refractivity contribution in [2.45, 2.75) is 52.0 Å². The van der Waals surface area contributed by atoms with E-state index in [1.54, 1.807) is 4.52 Å². The summed E-state index contributed by atoms with van der Waals surface area (Å²) in [6.07, 6.45) is 5.43. The molecule has 162 valence electrons. The highest BCUT2D eigenvalue weighted by molar-refractivity contribution is 5.73. The number of amides is 1. The Kier molecular flexibility index (Phi) is 5.27. The molecule has 1 amide bonds. The Morgan fingerprint density at radius 3 is 2.81 bits per heavy atom. The number of anilines is 2. The largest absolute Gasteiger partial charge is 0.382 e. The third-order valence-corrected chi connectivity index (χ3v) is 5.86. The summed E-state index contributed by atoms with van der Waals surface area (Å²) in [6.45, 7) is 6.64. The predicted octanol–water partition coefficient (Wildman–Crippen LogP) is 1.53. The summed E-state index contributed by atoms with van der Waals surface area (Å²) < 4.78 is 3.51. The van der Waals surface area contributed by atoms with Crippen LogP contribution in [0.4, 0.5) is 11.6 Å². The Morgan fingerprint density at radius 1 is 1.39 bits per heavy atom. The number of fused-ring (bicyclic) bond motifs is 1. The summed E-state index contributed by atoms with van der Waals surface area (Å²) in [5, 5.41) is 24.9. The number of aryl methyl sites for hydroxylation is 2. The molecule has 1 aliphatic rings. The van der Waals surface area contributed by atoms with E-state index < -0.39 is 0 Å². The zero-order valence-corrected chi connectivity index (χ0v) is 18.1. The number of nitrogens with two attached hydrogens (primary N) is 1. The third-order valence-electron chi connectivity index (χ3n) is 5.86. The van der Waals surface area contributed by atoms with Crippen molar-refractivity contribution >= 4 is 23.2 Å². The molecule has 4 N–H and O–H groups in total. The van der Waals surface area contributed by atoms with Gasteiger partial charge < -0.3 is 16.4 Å². The maximum atomic E-state index is 11.2. The van der Waals surface area contributed by atoms with Gasteiger partial charge in [0.05, 0.1) is 16.9 Å². The van der Waals surface area contributed by atoms with Gasteiger partial charge in [0.25, 0.3) is 0 Å². The van der Waals surface area contributed by atoms with E-state index in [4.69, 9.17) is 10.8 Å². The van der Waals surface area contributed by atoms with Gasteiger partial charge in [0.1, 0.15) is 23.3 Å². The first-order valence-electron chi connectivity index (χ1n) is 10.5. The fourth-order valence-electron chi connectivity index (χ4n) is 3.86. The fourth-order valence-corrected chi connectivity index (χ4v) is 3.86. The van der Waals surface area contributed by atoms with Gasteiger partial charge in [-0.25, -0.2) is 4.98 Å². The van der Waals surface area contributed by atoms with Gasteiger partial charge in [-0.15, -0.1) is 0 Å². The molecule has 0 aromatic carbocycles. The quantitative estimate of drug-likeness (QED) is 0.501. The smallest absolute Gasteiger partial charge is 0.216 e. The van der Waals surface area contributed by atoms with Crippen LogP contribution in [0, 0.1) is 18.3 Å². The first-order valence-corrected chi connectivity index (χ1v) is 10.5. The van der Waals surface area contributed by atoms with E-state index in [-0.39, 0.29) is 22.8 Å². The lowest BCUT2D eigenvalue weighted by molar-refractivity contribution is -0.119. The Morgan fingerprint density at radius 2 is 2.16 bits per heavy atom. The van der Waals surface area contributed by atoms with Gasteiger partial charge in [0.2, 0.25) is 5.91 Å². The molecule has 0 saturated heterocycles. The number of nitrogen functional groups attached to an aromatic ring is 1. The normalized spacial score (nSPS) is 14.4. The van der Waals surface area contributed by atoms with E-state index >= 15 is 0 Å². The maximum Gasteiger partial charge on any atom is 0.216 e. The van der Waals surface area contributed by atoms with Gasteiger partial charge in [-0.3, -0.25) is 9.48 Å². The van der Waals surface area contributed by atoms with Crippen LogP contribution in [0.2, 0.25) is 0 Å². The fraction of sp³-hybridized carbons (Fsp3) is 0.476. The minimum Gasteiger partial charge on any atom is -0.382 e. The average Bonchev–Trinajstić information content (AvgIpc) is 3.25. The molecule has 10 nitrogen and oxygen atoms in total. The number of nitrogens with one attached hydrogen (secondary N) is 2. The first-order chi connectivity index (χ1) is 14.9. The Hall–Kier alpha value is -3.61. The van der Waals surface area contributed by atoms with Crippen LogP contribution in [-0.4, -0.2) is 43.4 Å². The molecule has 31 heavy (non-hydrogen) atoms. The Bertz CT molecular complexity index is 1180. The molecule has 10 heteroatoms. The summed E-state index contributed by atoms with van der Waals surface area (Å²) in [5.41, 5.74) is 9.90. The number of carbonyl (C=O) groups is 1. The number of hydrogen-bond acceptors (Lipinski definition) is 7. The number of aromatic nitrogens is 5. The summed E-state index contributed by atoms with van der Waals surface area (Å²) in [5.74, 6) is 0.723. The van der Waals surface area contributed by atoms with E-state index in [9.17, 15) is 10.1 Å². The van der Waals surface area contributed by atoms with Gasteiger partial charge in [-0.05, 0) is 32.3 Å². The average molecular weight is 422 g/mol. The van der Waals surface area contributed by atoms with Crippen LogP contribution in [0.3, 0.4) is 0 Å². The zero-order valence-electron chi connectivity index (χ0n) is 18.1. The molecule has 3 aromatic heterocycles. The molecule has 0 radical (unpaired) electrons. The molecule has 1 saturated carbocycles. The van der Waals surface area contributed by atoms with E-state index in [1.807, 2.05) is 30.8 Å². The molecule has 0 aliphatic heterocycles. The first kappa shape index (κ1) is 20.7. The second kappa shape index (κ2) is 7.91. The molecular formula is C21H27N9O. The molecule has 0 bridgehead atoms. The SMILES string of the molecule is CCc1c(C)nn2c(N)c(C#N)c(NCCc3ccn(C4(CNC(C)=O)CC4)n3)nc12. The highest BCUT2D eigenvalue weighted by Crippen LogP contribution is 2.42. The van der Waals surface area contributed by atoms with Gasteiger partial charge in [0, 0.05) is 38.2 Å². The number of rotatable bonds is 8. The van der Waals surface area contributed by atoms with Crippen molar-refractivity contribution in [2.24, 2.45) is 0 Å². The van der Waals surface area contributed by atoms with E-state index in [0.717, 1.165) is 36.2 Å². The third kappa shape index (κ3) is 3.79. The zero-order chi connectivity index (χ0) is 22.2. The summed E-state index contributed by atoms with van der Waals surface area (Å²) in [6, 6.07) is 4.13. The van der Waals surface area contributed by atoms with Crippen LogP contribution >= 0.6 is 0 Å². The number of nitrogens with zero attached hydrogens (tertiary/aromatic N) is 6. The topological polar surface area (TPSA) is 139 Å². The van der Waals surface area contributed by atoms with Crippen LogP contribution in [0.1, 0.15) is 49.2 Å². The number of nitriles is 1. The van der Waals surface area contributed by atoms with Gasteiger partial charge in [0.15, 0.2) is 5.65 Å². The van der Waals surface area contributed by atoms with Crippen LogP contribution in [0.15, 0.2) is 12.3 Å². The van der Waals surface area contributed by atoms with Gasteiger partial charge in [-0.1, -0.05) is 6.92 Å². The van der Waals surface area contributed by atoms with Gasteiger partial charge in [-0.2, -0.15) is 20.0 Å². The van der Waals surface area contributed by atoms with Crippen molar-refractivity contribution in [3.8, 4) is 6.07 Å². The lowest BCUT2D eigenvalue weighted by Gasteiger charge is -2.16. The molecule has 1 fully saturated rings. The molecule has 0 atom stereocenters. The van der Waals surface area contributed by atoms with Crippen molar-refractivity contribution < 1.29 is 4.79 Å². The number of carbonyl (C=O) groups excluding carboxylic acids is 1. The van der Waals surface area contributed by atoms with E-state index in [0.29, 0.717) is 31.0 Å².